The number of ether oxygens (including phenoxy) is 4. The Morgan fingerprint density at radius 3 is 2.52 bits per heavy atom. The van der Waals surface area contributed by atoms with Gasteiger partial charge in [0, 0.05) is 11.8 Å². The molecule has 0 radical (unpaired) electrons. The second-order valence-electron chi connectivity index (χ2n) is 6.19. The van der Waals surface area contributed by atoms with Crippen LogP contribution in [0.3, 0.4) is 0 Å². The lowest BCUT2D eigenvalue weighted by atomic mass is 10.1. The first-order valence-electron chi connectivity index (χ1n) is 8.57. The van der Waals surface area contributed by atoms with Crippen LogP contribution in [0, 0.1) is 0 Å². The zero-order valence-electron chi connectivity index (χ0n) is 15.0. The van der Waals surface area contributed by atoms with Gasteiger partial charge in [0.15, 0.2) is 17.6 Å². The number of carbonyl (C=O) groups excluding carboxylic acids is 1. The zero-order valence-corrected chi connectivity index (χ0v) is 15.0. The monoisotopic (exact) mass is 365 g/mol. The van der Waals surface area contributed by atoms with Gasteiger partial charge >= 0.3 is 0 Å². The molecule has 0 saturated heterocycles. The summed E-state index contributed by atoms with van der Waals surface area (Å²) in [6.07, 6.45) is -0.668. The van der Waals surface area contributed by atoms with Crippen molar-refractivity contribution in [2.45, 2.75) is 13.0 Å². The summed E-state index contributed by atoms with van der Waals surface area (Å²) >= 11 is 0. The lowest BCUT2D eigenvalue weighted by Crippen LogP contribution is -2.30. The fourth-order valence-corrected chi connectivity index (χ4v) is 2.88. The lowest BCUT2D eigenvalue weighted by molar-refractivity contribution is -0.122. The Morgan fingerprint density at radius 2 is 1.70 bits per heavy atom. The van der Waals surface area contributed by atoms with E-state index in [1.165, 1.54) is 0 Å². The molecule has 1 aliphatic heterocycles. The molecule has 1 heterocycles. The van der Waals surface area contributed by atoms with E-state index in [0.29, 0.717) is 22.9 Å². The predicted octanol–water partition coefficient (Wildman–Crippen LogP) is 3.98. The number of rotatable bonds is 5. The first kappa shape index (κ1) is 17.0. The minimum Gasteiger partial charge on any atom is -0.497 e. The van der Waals surface area contributed by atoms with Gasteiger partial charge in [-0.2, -0.15) is 0 Å². The fourth-order valence-electron chi connectivity index (χ4n) is 2.88. The molecule has 4 rings (SSSR count). The third-order valence-corrected chi connectivity index (χ3v) is 4.34. The second-order valence-corrected chi connectivity index (χ2v) is 6.19. The van der Waals surface area contributed by atoms with E-state index in [2.05, 4.69) is 5.32 Å². The highest BCUT2D eigenvalue weighted by Crippen LogP contribution is 2.34. The third kappa shape index (κ3) is 3.60. The van der Waals surface area contributed by atoms with Gasteiger partial charge in [0.05, 0.1) is 7.11 Å². The summed E-state index contributed by atoms with van der Waals surface area (Å²) in [6.45, 7) is 1.90. The van der Waals surface area contributed by atoms with Crippen molar-refractivity contribution in [3.05, 3.63) is 54.6 Å². The quantitative estimate of drug-likeness (QED) is 0.741. The number of carbonyl (C=O) groups is 1. The fraction of sp³-hybridized carbons (Fsp3) is 0.190. The van der Waals surface area contributed by atoms with Gasteiger partial charge in [-0.15, -0.1) is 0 Å². The topological polar surface area (TPSA) is 66.0 Å². The number of benzene rings is 3. The van der Waals surface area contributed by atoms with Crippen LogP contribution in [0.5, 0.6) is 23.0 Å². The maximum Gasteiger partial charge on any atom is 0.265 e. The van der Waals surface area contributed by atoms with Crippen molar-refractivity contribution < 1.29 is 23.7 Å². The number of fused-ring (bicyclic) bond motifs is 2. The molecule has 3 aromatic rings. The first-order valence-corrected chi connectivity index (χ1v) is 8.57. The summed E-state index contributed by atoms with van der Waals surface area (Å²) in [4.78, 5) is 12.5. The molecular weight excluding hydrogens is 346 g/mol. The average Bonchev–Trinajstić information content (AvgIpc) is 3.15. The van der Waals surface area contributed by atoms with E-state index in [0.717, 1.165) is 16.5 Å². The summed E-state index contributed by atoms with van der Waals surface area (Å²) in [5, 5.41) is 4.88. The lowest BCUT2D eigenvalue weighted by Gasteiger charge is -2.15. The van der Waals surface area contributed by atoms with Gasteiger partial charge < -0.3 is 24.3 Å². The maximum absolute atomic E-state index is 12.5. The third-order valence-electron chi connectivity index (χ3n) is 4.34. The summed E-state index contributed by atoms with van der Waals surface area (Å²) < 4.78 is 21.7. The van der Waals surface area contributed by atoms with Crippen LogP contribution in [0.4, 0.5) is 5.69 Å². The van der Waals surface area contributed by atoms with E-state index in [1.54, 1.807) is 32.2 Å². The number of methoxy groups -OCH3 is 1. The molecule has 0 aliphatic carbocycles. The highest BCUT2D eigenvalue weighted by molar-refractivity contribution is 5.94. The van der Waals surface area contributed by atoms with Crippen molar-refractivity contribution in [2.24, 2.45) is 0 Å². The van der Waals surface area contributed by atoms with Crippen LogP contribution in [0.25, 0.3) is 10.8 Å². The van der Waals surface area contributed by atoms with Crippen molar-refractivity contribution in [2.75, 3.05) is 19.2 Å². The molecule has 0 fully saturated rings. The van der Waals surface area contributed by atoms with Crippen molar-refractivity contribution in [1.29, 1.82) is 0 Å². The van der Waals surface area contributed by atoms with Crippen LogP contribution >= 0.6 is 0 Å². The molecule has 1 aliphatic rings. The van der Waals surface area contributed by atoms with Gasteiger partial charge in [0.1, 0.15) is 11.5 Å². The molecule has 6 nitrogen and oxygen atoms in total. The van der Waals surface area contributed by atoms with Gasteiger partial charge in [0.2, 0.25) is 6.79 Å². The van der Waals surface area contributed by atoms with Gasteiger partial charge in [0.25, 0.3) is 5.91 Å². The Hall–Kier alpha value is -3.41. The number of hydrogen-bond donors (Lipinski definition) is 1. The molecule has 0 spiro atoms. The molecule has 3 aromatic carbocycles. The number of hydrogen-bond acceptors (Lipinski definition) is 5. The van der Waals surface area contributed by atoms with Gasteiger partial charge in [-0.1, -0.05) is 12.1 Å². The van der Waals surface area contributed by atoms with Crippen molar-refractivity contribution in [3.8, 4) is 23.0 Å². The summed E-state index contributed by atoms with van der Waals surface area (Å²) in [6, 6.07) is 16.8. The van der Waals surface area contributed by atoms with E-state index >= 15 is 0 Å². The molecule has 0 bridgehead atoms. The smallest absolute Gasteiger partial charge is 0.265 e. The van der Waals surface area contributed by atoms with E-state index in [1.807, 2.05) is 36.4 Å². The molecule has 0 saturated carbocycles. The van der Waals surface area contributed by atoms with Crippen LogP contribution in [-0.2, 0) is 4.79 Å². The van der Waals surface area contributed by atoms with Crippen molar-refractivity contribution in [1.82, 2.24) is 0 Å². The Kier molecular flexibility index (Phi) is 4.46. The van der Waals surface area contributed by atoms with E-state index < -0.39 is 6.10 Å². The largest absolute Gasteiger partial charge is 0.497 e. The number of anilines is 1. The van der Waals surface area contributed by atoms with Crippen LogP contribution in [0.15, 0.2) is 54.6 Å². The molecule has 1 N–H and O–H groups in total. The van der Waals surface area contributed by atoms with Gasteiger partial charge in [-0.05, 0) is 54.1 Å². The highest BCUT2D eigenvalue weighted by Gasteiger charge is 2.18. The summed E-state index contributed by atoms with van der Waals surface area (Å²) in [5.41, 5.74) is 0.628. The predicted molar refractivity (Wildman–Crippen MR) is 102 cm³/mol. The summed E-state index contributed by atoms with van der Waals surface area (Å²) in [5.74, 6) is 2.42. The Labute approximate surface area is 156 Å². The molecule has 1 atom stereocenters. The highest BCUT2D eigenvalue weighted by atomic mass is 16.7. The Morgan fingerprint density at radius 1 is 0.963 bits per heavy atom. The molecule has 1 amide bonds. The Bertz CT molecular complexity index is 1000. The number of nitrogens with one attached hydrogen (secondary N) is 1. The first-order chi connectivity index (χ1) is 13.1. The molecule has 138 valence electrons. The number of amides is 1. The molecule has 0 unspecified atom stereocenters. The minimum absolute atomic E-state index is 0.193. The van der Waals surface area contributed by atoms with Gasteiger partial charge in [-0.25, -0.2) is 0 Å². The van der Waals surface area contributed by atoms with Gasteiger partial charge in [-0.3, -0.25) is 4.79 Å². The van der Waals surface area contributed by atoms with E-state index in [4.69, 9.17) is 18.9 Å². The van der Waals surface area contributed by atoms with E-state index in [-0.39, 0.29) is 12.7 Å². The van der Waals surface area contributed by atoms with Crippen LogP contribution in [0.2, 0.25) is 0 Å². The second kappa shape index (κ2) is 7.07. The molecule has 6 heteroatoms. The summed E-state index contributed by atoms with van der Waals surface area (Å²) in [7, 11) is 1.63. The minimum atomic E-state index is -0.668. The molecule has 27 heavy (non-hydrogen) atoms. The SMILES string of the molecule is COc1ccc2ccc(O[C@@H](C)C(=O)Nc3ccc4c(c3)OCO4)cc2c1. The van der Waals surface area contributed by atoms with Crippen molar-refractivity contribution in [3.63, 3.8) is 0 Å². The van der Waals surface area contributed by atoms with Crippen LogP contribution in [-0.4, -0.2) is 25.9 Å². The normalized spacial score (nSPS) is 13.3. The van der Waals surface area contributed by atoms with Crippen LogP contribution in [0.1, 0.15) is 6.92 Å². The van der Waals surface area contributed by atoms with E-state index in [9.17, 15) is 4.79 Å². The standard InChI is InChI=1S/C21H19NO5/c1-13(21(23)22-16-5-8-19-20(11-16)26-12-25-19)27-18-7-4-14-3-6-17(24-2)9-15(14)10-18/h3-11,13H,12H2,1-2H3,(H,22,23)/t13-/m0/s1. The average molecular weight is 365 g/mol. The Balaban J connectivity index is 1.45. The van der Waals surface area contributed by atoms with Crippen molar-refractivity contribution >= 4 is 22.4 Å². The molecule has 0 aromatic heterocycles. The zero-order chi connectivity index (χ0) is 18.8. The van der Waals surface area contributed by atoms with Crippen LogP contribution < -0.4 is 24.3 Å². The maximum atomic E-state index is 12.5. The molecular formula is C21H19NO5.